The van der Waals surface area contributed by atoms with Crippen molar-refractivity contribution in [1.29, 1.82) is 0 Å². The molecule has 1 aromatic rings. The highest BCUT2D eigenvalue weighted by atomic mass is 31.2. The summed E-state index contributed by atoms with van der Waals surface area (Å²) in [5.74, 6) is -0.405. The van der Waals surface area contributed by atoms with Crippen LogP contribution in [0.5, 0.6) is 11.6 Å². The fourth-order valence-corrected chi connectivity index (χ4v) is 2.63. The number of aromatic hydroxyl groups is 1. The van der Waals surface area contributed by atoms with Crippen molar-refractivity contribution in [3.63, 3.8) is 0 Å². The van der Waals surface area contributed by atoms with Crippen molar-refractivity contribution in [2.75, 3.05) is 0 Å². The molecular weight excluding hydrogens is 253 g/mol. The van der Waals surface area contributed by atoms with Crippen molar-refractivity contribution < 1.29 is 33.1 Å². The molecule has 0 aromatic carbocycles. The fraction of sp³-hybridized carbons (Fsp3) is 0.250. The normalized spacial score (nSPS) is 29.6. The van der Waals surface area contributed by atoms with Crippen molar-refractivity contribution in [3.05, 3.63) is 16.8 Å². The zero-order chi connectivity index (χ0) is 12.2. The average molecular weight is 259 g/mol. The Labute approximate surface area is 94.6 Å². The SMILES string of the molecule is Cc1nc2c(c(C=O)c1O)C1OOP(=O)(O2)O1. The Morgan fingerprint density at radius 1 is 1.53 bits per heavy atom. The van der Waals surface area contributed by atoms with Crippen LogP contribution in [0.4, 0.5) is 0 Å². The number of pyridine rings is 1. The third-order valence-corrected chi connectivity index (χ3v) is 3.50. The minimum atomic E-state index is -3.80. The van der Waals surface area contributed by atoms with Crippen LogP contribution in [0.15, 0.2) is 0 Å². The molecule has 1 aromatic heterocycles. The predicted molar refractivity (Wildman–Crippen MR) is 50.3 cm³/mol. The zero-order valence-corrected chi connectivity index (χ0v) is 9.34. The van der Waals surface area contributed by atoms with E-state index >= 15 is 0 Å². The van der Waals surface area contributed by atoms with E-state index < -0.39 is 14.1 Å². The Hall–Kier alpha value is -1.47. The van der Waals surface area contributed by atoms with Crippen LogP contribution in [0.1, 0.15) is 27.9 Å². The largest absolute Gasteiger partial charge is 0.561 e. The van der Waals surface area contributed by atoms with Gasteiger partial charge in [0.15, 0.2) is 6.29 Å². The summed E-state index contributed by atoms with van der Waals surface area (Å²) in [6.45, 7) is 1.47. The summed E-state index contributed by atoms with van der Waals surface area (Å²) in [5.41, 5.74) is 0.140. The summed E-state index contributed by atoms with van der Waals surface area (Å²) >= 11 is 0. The third kappa shape index (κ3) is 1.39. The molecule has 2 bridgehead atoms. The van der Waals surface area contributed by atoms with Crippen LogP contribution >= 0.6 is 7.82 Å². The number of aryl methyl sites for hydroxylation is 1. The summed E-state index contributed by atoms with van der Waals surface area (Å²) < 4.78 is 25.7. The molecule has 2 aliphatic heterocycles. The molecule has 90 valence electrons. The van der Waals surface area contributed by atoms with E-state index in [-0.39, 0.29) is 28.5 Å². The van der Waals surface area contributed by atoms with E-state index in [0.29, 0.717) is 6.29 Å². The molecule has 0 radical (unpaired) electrons. The second-order valence-corrected chi connectivity index (χ2v) is 4.88. The Bertz CT molecular complexity index is 571. The maximum Gasteiger partial charge on any atom is 0.561 e. The first-order valence-electron chi connectivity index (χ1n) is 4.56. The lowest BCUT2D eigenvalue weighted by Crippen LogP contribution is -2.12. The van der Waals surface area contributed by atoms with Crippen molar-refractivity contribution in [2.24, 2.45) is 0 Å². The van der Waals surface area contributed by atoms with E-state index in [9.17, 15) is 14.5 Å². The molecule has 3 rings (SSSR count). The smallest absolute Gasteiger partial charge is 0.505 e. The third-order valence-electron chi connectivity index (χ3n) is 2.39. The van der Waals surface area contributed by atoms with Gasteiger partial charge in [-0.15, -0.1) is 4.67 Å². The summed E-state index contributed by atoms with van der Waals surface area (Å²) in [4.78, 5) is 19.4. The molecule has 1 fully saturated rings. The molecule has 0 amide bonds. The lowest BCUT2D eigenvalue weighted by atomic mass is 10.1. The highest BCUT2D eigenvalue weighted by Crippen LogP contribution is 2.64. The summed E-state index contributed by atoms with van der Waals surface area (Å²) in [5, 5.41) is 9.67. The van der Waals surface area contributed by atoms with Gasteiger partial charge in [0.05, 0.1) is 16.8 Å². The molecule has 2 aliphatic rings. The number of nitrogens with zero attached hydrogens (tertiary/aromatic N) is 1. The van der Waals surface area contributed by atoms with E-state index in [1.807, 2.05) is 0 Å². The number of aldehydes is 1. The van der Waals surface area contributed by atoms with E-state index in [1.54, 1.807) is 0 Å². The van der Waals surface area contributed by atoms with E-state index in [2.05, 4.69) is 14.5 Å². The standard InChI is InChI=1S/C8H6NO7P/c1-3-6(11)4(2-10)5-7(9-3)14-17(12)15-8(5)13-16-17/h2,8,11H,1H3. The Kier molecular flexibility index (Phi) is 2.05. The van der Waals surface area contributed by atoms with Crippen LogP contribution in [0.25, 0.3) is 0 Å². The van der Waals surface area contributed by atoms with Gasteiger partial charge in [-0.25, -0.2) is 14.1 Å². The highest BCUT2D eigenvalue weighted by Gasteiger charge is 2.51. The monoisotopic (exact) mass is 259 g/mol. The first-order chi connectivity index (χ1) is 8.04. The molecule has 8 nitrogen and oxygen atoms in total. The van der Waals surface area contributed by atoms with Crippen molar-refractivity contribution in [3.8, 4) is 11.6 Å². The van der Waals surface area contributed by atoms with Gasteiger partial charge in [-0.1, -0.05) is 0 Å². The number of hydrogen-bond donors (Lipinski definition) is 1. The van der Waals surface area contributed by atoms with Gasteiger partial charge in [0.1, 0.15) is 5.75 Å². The molecule has 0 aliphatic carbocycles. The number of hydrogen-bond acceptors (Lipinski definition) is 8. The Morgan fingerprint density at radius 2 is 2.29 bits per heavy atom. The average Bonchev–Trinajstić information content (AvgIpc) is 2.59. The highest BCUT2D eigenvalue weighted by molar-refractivity contribution is 7.49. The zero-order valence-electron chi connectivity index (χ0n) is 8.45. The van der Waals surface area contributed by atoms with Crippen LogP contribution in [0.2, 0.25) is 0 Å². The lowest BCUT2D eigenvalue weighted by molar-refractivity contribution is -0.248. The minimum absolute atomic E-state index is 0.0621. The van der Waals surface area contributed by atoms with Gasteiger partial charge in [-0.3, -0.25) is 4.79 Å². The van der Waals surface area contributed by atoms with E-state index in [1.165, 1.54) is 6.92 Å². The van der Waals surface area contributed by atoms with Gasteiger partial charge in [0, 0.05) is 0 Å². The van der Waals surface area contributed by atoms with Gasteiger partial charge in [0.2, 0.25) is 12.2 Å². The molecule has 0 spiro atoms. The van der Waals surface area contributed by atoms with Crippen molar-refractivity contribution in [1.82, 2.24) is 4.98 Å². The first-order valence-corrected chi connectivity index (χ1v) is 6.02. The Balaban J connectivity index is 2.29. The maximum atomic E-state index is 11.6. The number of phosphoric ester groups is 1. The van der Waals surface area contributed by atoms with Crippen LogP contribution < -0.4 is 4.52 Å². The number of carbonyl (C=O) groups is 1. The molecule has 2 atom stereocenters. The summed E-state index contributed by atoms with van der Waals surface area (Å²) in [6, 6.07) is 0. The fourth-order valence-electron chi connectivity index (χ4n) is 1.61. The van der Waals surface area contributed by atoms with Gasteiger partial charge in [-0.05, 0) is 6.92 Å². The van der Waals surface area contributed by atoms with Gasteiger partial charge in [0.25, 0.3) is 0 Å². The topological polar surface area (TPSA) is 104 Å². The molecule has 17 heavy (non-hydrogen) atoms. The molecule has 9 heteroatoms. The van der Waals surface area contributed by atoms with Crippen LogP contribution in [-0.2, 0) is 18.7 Å². The van der Waals surface area contributed by atoms with Gasteiger partial charge >= 0.3 is 7.82 Å². The molecule has 3 heterocycles. The number of aromatic nitrogens is 1. The van der Waals surface area contributed by atoms with Crippen LogP contribution in [0.3, 0.4) is 0 Å². The molecule has 1 N–H and O–H groups in total. The summed E-state index contributed by atoms with van der Waals surface area (Å²) in [6.07, 6.45) is -0.781. The van der Waals surface area contributed by atoms with E-state index in [0.717, 1.165) is 0 Å². The first kappa shape index (κ1) is 10.7. The quantitative estimate of drug-likeness (QED) is 0.458. The number of carbonyl (C=O) groups excluding carboxylic acids is 1. The van der Waals surface area contributed by atoms with Gasteiger partial charge < -0.3 is 9.63 Å². The van der Waals surface area contributed by atoms with Crippen molar-refractivity contribution >= 4 is 14.1 Å². The van der Waals surface area contributed by atoms with Crippen LogP contribution in [-0.4, -0.2) is 16.4 Å². The molecular formula is C8H6NO7P. The van der Waals surface area contributed by atoms with Gasteiger partial charge in [-0.2, -0.15) is 4.89 Å². The Morgan fingerprint density at radius 3 is 3.00 bits per heavy atom. The molecule has 1 saturated heterocycles. The minimum Gasteiger partial charge on any atom is -0.505 e. The lowest BCUT2D eigenvalue weighted by Gasteiger charge is -2.20. The summed E-state index contributed by atoms with van der Waals surface area (Å²) in [7, 11) is -3.80. The van der Waals surface area contributed by atoms with E-state index in [4.69, 9.17) is 9.05 Å². The molecule has 0 saturated carbocycles. The van der Waals surface area contributed by atoms with Crippen molar-refractivity contribution in [2.45, 2.75) is 13.2 Å². The second-order valence-electron chi connectivity index (χ2n) is 3.44. The molecule has 2 unspecified atom stereocenters. The number of phosphoric acid groups is 1. The maximum absolute atomic E-state index is 11.6. The number of rotatable bonds is 1. The number of fused-ring (bicyclic) bond motifs is 4. The second kappa shape index (κ2) is 3.27. The predicted octanol–water partition coefficient (Wildman–Crippen LogP) is 1.39. The van der Waals surface area contributed by atoms with Crippen LogP contribution in [0, 0.1) is 6.92 Å².